The van der Waals surface area contributed by atoms with Crippen molar-refractivity contribution in [3.05, 3.63) is 43.8 Å². The average molecular weight is 604 g/mol. The van der Waals surface area contributed by atoms with E-state index in [1.165, 1.54) is 19.3 Å². The van der Waals surface area contributed by atoms with E-state index in [0.717, 1.165) is 53.8 Å². The van der Waals surface area contributed by atoms with E-state index in [2.05, 4.69) is 55.2 Å². The van der Waals surface area contributed by atoms with Gasteiger partial charge in [-0.05, 0) is 76.8 Å². The van der Waals surface area contributed by atoms with Gasteiger partial charge in [0.05, 0.1) is 10.7 Å². The molecule has 36 heavy (non-hydrogen) atoms. The normalized spacial score (nSPS) is 24.7. The Labute approximate surface area is 228 Å². The summed E-state index contributed by atoms with van der Waals surface area (Å²) >= 11 is 2.11. The quantitative estimate of drug-likeness (QED) is 0.376. The topological polar surface area (TPSA) is 66.8 Å². The van der Waals surface area contributed by atoms with E-state index in [1.807, 2.05) is 12.1 Å². The van der Waals surface area contributed by atoms with Gasteiger partial charge in [0.2, 0.25) is 0 Å². The van der Waals surface area contributed by atoms with Crippen molar-refractivity contribution in [1.82, 2.24) is 4.90 Å². The molecule has 1 fully saturated rings. The number of nitrogens with zero attached hydrogens (tertiary/aromatic N) is 1. The minimum atomic E-state index is -0.412. The van der Waals surface area contributed by atoms with Crippen molar-refractivity contribution in [1.29, 1.82) is 0 Å². The fourth-order valence-corrected chi connectivity index (χ4v) is 7.65. The Bertz CT molecular complexity index is 1130. The molecule has 1 heterocycles. The van der Waals surface area contributed by atoms with Crippen LogP contribution in [0.5, 0.6) is 11.5 Å². The predicted octanol–water partition coefficient (Wildman–Crippen LogP) is 7.02. The summed E-state index contributed by atoms with van der Waals surface area (Å²) in [5.74, 6) is 0.363. The highest BCUT2D eigenvalue weighted by atomic mass is 127. The summed E-state index contributed by atoms with van der Waals surface area (Å²) in [5, 5.41) is 10.5. The average Bonchev–Trinajstić information content (AvgIpc) is 2.78. The molecule has 0 radical (unpaired) electrons. The van der Waals surface area contributed by atoms with Gasteiger partial charge in [0.1, 0.15) is 0 Å². The third-order valence-electron chi connectivity index (χ3n) is 8.50. The molecule has 0 unspecified atom stereocenters. The van der Waals surface area contributed by atoms with Crippen LogP contribution in [0.1, 0.15) is 97.0 Å². The summed E-state index contributed by atoms with van der Waals surface area (Å²) < 4.78 is 6.16. The number of Topliss-reactive ketones (excluding diaryl/α,β-unsaturated/α-hetero) is 2. The SMILES string of the molecule is COc1cc(C2C3=C(CC(C)(C)CC3=O)N(C3CCCCC3)C3=C2C(=O)CC(C)(C)C3)cc(I)c1O. The van der Waals surface area contributed by atoms with E-state index in [0.29, 0.717) is 28.2 Å². The lowest BCUT2D eigenvalue weighted by Crippen LogP contribution is -2.48. The molecular formula is C30H38INO4. The lowest BCUT2D eigenvalue weighted by Gasteiger charge is -2.52. The Hall–Kier alpha value is -1.83. The fourth-order valence-electron chi connectivity index (χ4n) is 7.03. The van der Waals surface area contributed by atoms with E-state index in [4.69, 9.17) is 4.74 Å². The first kappa shape index (κ1) is 25.8. The van der Waals surface area contributed by atoms with Crippen LogP contribution in [0, 0.1) is 14.4 Å². The van der Waals surface area contributed by atoms with E-state index in [1.54, 1.807) is 7.11 Å². The third kappa shape index (κ3) is 4.41. The molecule has 3 aliphatic carbocycles. The zero-order chi connectivity index (χ0) is 26.0. The summed E-state index contributed by atoms with van der Waals surface area (Å²) in [6.07, 6.45) is 8.47. The molecule has 1 aliphatic heterocycles. The highest BCUT2D eigenvalue weighted by molar-refractivity contribution is 14.1. The lowest BCUT2D eigenvalue weighted by molar-refractivity contribution is -0.119. The maximum absolute atomic E-state index is 14.0. The van der Waals surface area contributed by atoms with Gasteiger partial charge in [-0.15, -0.1) is 0 Å². The largest absolute Gasteiger partial charge is 0.504 e. The minimum Gasteiger partial charge on any atom is -0.504 e. The van der Waals surface area contributed by atoms with Gasteiger partial charge < -0.3 is 14.7 Å². The summed E-state index contributed by atoms with van der Waals surface area (Å²) in [5.41, 5.74) is 4.49. The van der Waals surface area contributed by atoms with Crippen LogP contribution in [-0.2, 0) is 9.59 Å². The molecule has 0 saturated heterocycles. The molecule has 6 heteroatoms. The second-order valence-electron chi connectivity index (χ2n) is 12.8. The standard InChI is InChI=1S/C30H38INO4/c1-29(2)13-20-26(22(33)15-29)25(17-11-19(31)28(35)24(12-17)36-5)27-21(14-30(3,4)16-23(27)34)32(20)18-9-7-6-8-10-18/h11-12,18,25,35H,6-10,13-16H2,1-5H3. The molecule has 1 aromatic carbocycles. The molecule has 0 spiro atoms. The minimum absolute atomic E-state index is 0.0945. The Morgan fingerprint density at radius 2 is 1.42 bits per heavy atom. The summed E-state index contributed by atoms with van der Waals surface area (Å²) in [6, 6.07) is 4.09. The fraction of sp³-hybridized carbons (Fsp3) is 0.600. The molecule has 0 amide bonds. The van der Waals surface area contributed by atoms with Crippen LogP contribution < -0.4 is 4.74 Å². The number of ketones is 2. The third-order valence-corrected chi connectivity index (χ3v) is 9.32. The van der Waals surface area contributed by atoms with E-state index < -0.39 is 5.92 Å². The zero-order valence-corrected chi connectivity index (χ0v) is 24.3. The van der Waals surface area contributed by atoms with E-state index >= 15 is 0 Å². The molecule has 4 aliphatic rings. The van der Waals surface area contributed by atoms with Crippen LogP contribution >= 0.6 is 22.6 Å². The van der Waals surface area contributed by atoms with Crippen molar-refractivity contribution in [2.75, 3.05) is 7.11 Å². The number of hydrogen-bond donors (Lipinski definition) is 1. The number of halogens is 1. The van der Waals surface area contributed by atoms with Crippen molar-refractivity contribution in [2.24, 2.45) is 10.8 Å². The number of rotatable bonds is 3. The van der Waals surface area contributed by atoms with Crippen LogP contribution in [0.2, 0.25) is 0 Å². The Kier molecular flexibility index (Phi) is 6.58. The van der Waals surface area contributed by atoms with Gasteiger partial charge in [0.15, 0.2) is 23.1 Å². The maximum atomic E-state index is 14.0. The second kappa shape index (κ2) is 9.17. The zero-order valence-electron chi connectivity index (χ0n) is 22.2. The molecule has 0 bridgehead atoms. The van der Waals surface area contributed by atoms with Crippen molar-refractivity contribution >= 4 is 34.2 Å². The van der Waals surface area contributed by atoms with Crippen LogP contribution in [0.3, 0.4) is 0 Å². The summed E-state index contributed by atoms with van der Waals surface area (Å²) in [6.45, 7) is 8.76. The monoisotopic (exact) mass is 603 g/mol. The number of phenols is 1. The van der Waals surface area contributed by atoms with Crippen molar-refractivity contribution in [3.8, 4) is 11.5 Å². The molecule has 0 atom stereocenters. The van der Waals surface area contributed by atoms with Gasteiger partial charge in [-0.1, -0.05) is 47.0 Å². The van der Waals surface area contributed by atoms with Gasteiger partial charge in [-0.3, -0.25) is 9.59 Å². The number of hydrogen-bond acceptors (Lipinski definition) is 5. The lowest BCUT2D eigenvalue weighted by atomic mass is 9.63. The Balaban J connectivity index is 1.80. The number of benzene rings is 1. The molecule has 194 valence electrons. The first-order valence-corrected chi connectivity index (χ1v) is 14.4. The maximum Gasteiger partial charge on any atom is 0.171 e. The molecular weight excluding hydrogens is 565 g/mol. The predicted molar refractivity (Wildman–Crippen MR) is 149 cm³/mol. The van der Waals surface area contributed by atoms with Crippen molar-refractivity contribution in [2.45, 2.75) is 97.4 Å². The van der Waals surface area contributed by atoms with E-state index in [9.17, 15) is 14.7 Å². The van der Waals surface area contributed by atoms with Gasteiger partial charge in [-0.2, -0.15) is 0 Å². The number of ether oxygens (including phenoxy) is 1. The first-order valence-electron chi connectivity index (χ1n) is 13.3. The molecule has 1 aromatic rings. The Morgan fingerprint density at radius 3 is 1.92 bits per heavy atom. The van der Waals surface area contributed by atoms with Gasteiger partial charge in [0.25, 0.3) is 0 Å². The number of aromatic hydroxyl groups is 1. The first-order chi connectivity index (χ1) is 16.9. The number of methoxy groups -OCH3 is 1. The second-order valence-corrected chi connectivity index (χ2v) is 13.9. The summed E-state index contributed by atoms with van der Waals surface area (Å²) in [7, 11) is 1.54. The molecule has 5 nitrogen and oxygen atoms in total. The summed E-state index contributed by atoms with van der Waals surface area (Å²) in [4.78, 5) is 30.4. The van der Waals surface area contributed by atoms with Gasteiger partial charge >= 0.3 is 0 Å². The molecule has 0 aromatic heterocycles. The van der Waals surface area contributed by atoms with Gasteiger partial charge in [0, 0.05) is 47.3 Å². The van der Waals surface area contributed by atoms with Crippen LogP contribution in [0.25, 0.3) is 0 Å². The van der Waals surface area contributed by atoms with Crippen LogP contribution in [0.4, 0.5) is 0 Å². The smallest absolute Gasteiger partial charge is 0.171 e. The number of allylic oxidation sites excluding steroid dienone is 4. The number of carbonyl (C=O) groups is 2. The van der Waals surface area contributed by atoms with Crippen molar-refractivity contribution in [3.63, 3.8) is 0 Å². The highest BCUT2D eigenvalue weighted by Gasteiger charge is 2.50. The van der Waals surface area contributed by atoms with E-state index in [-0.39, 0.29) is 28.1 Å². The van der Waals surface area contributed by atoms with Crippen molar-refractivity contribution < 1.29 is 19.4 Å². The number of phenolic OH excluding ortho intramolecular Hbond substituents is 1. The molecule has 5 rings (SSSR count). The van der Waals surface area contributed by atoms with Gasteiger partial charge in [-0.25, -0.2) is 0 Å². The number of carbonyl (C=O) groups excluding carboxylic acids is 2. The Morgan fingerprint density at radius 1 is 0.889 bits per heavy atom. The highest BCUT2D eigenvalue weighted by Crippen LogP contribution is 2.56. The van der Waals surface area contributed by atoms with Crippen LogP contribution in [0.15, 0.2) is 34.7 Å². The molecule has 1 saturated carbocycles. The molecule has 1 N–H and O–H groups in total. The van der Waals surface area contributed by atoms with Crippen LogP contribution in [-0.4, -0.2) is 34.7 Å².